The molecule has 0 aromatic carbocycles. The van der Waals surface area contributed by atoms with Crippen LogP contribution in [0.3, 0.4) is 0 Å². The van der Waals surface area contributed by atoms with Gasteiger partial charge in [-0.3, -0.25) is 0 Å². The SMILES string of the molecule is COC1OC(CN)C(O)[C@@H](C)[C@H]1O.COC1OC(CO)C(O)[C@@H](C)[C@H]1O.COC1OCC(C)(O)[C@@H](C)[C@H]1O. The summed E-state index contributed by atoms with van der Waals surface area (Å²) in [7, 11) is 4.33. The number of hydrogen-bond donors (Lipinski definition) is 8. The molecular formula is C24H49NO13. The topological polar surface area (TPSA) is 223 Å². The maximum absolute atomic E-state index is 9.69. The Bertz CT molecular complexity index is 583. The number of ether oxygens (including phenoxy) is 6. The van der Waals surface area contributed by atoms with Crippen molar-refractivity contribution in [2.75, 3.05) is 41.1 Å². The van der Waals surface area contributed by atoms with Gasteiger partial charge in [0.25, 0.3) is 0 Å². The lowest BCUT2D eigenvalue weighted by Crippen LogP contribution is -2.55. The van der Waals surface area contributed by atoms with Crippen LogP contribution < -0.4 is 5.73 Å². The van der Waals surface area contributed by atoms with Crippen LogP contribution in [0.4, 0.5) is 0 Å². The fraction of sp³-hybridized carbons (Fsp3) is 1.00. The van der Waals surface area contributed by atoms with Crippen LogP contribution in [0, 0.1) is 17.8 Å². The number of methoxy groups -OCH3 is 3. The van der Waals surface area contributed by atoms with E-state index in [1.54, 1.807) is 27.7 Å². The first-order chi connectivity index (χ1) is 17.7. The second-order valence-corrected chi connectivity index (χ2v) is 10.2. The zero-order valence-corrected chi connectivity index (χ0v) is 23.3. The summed E-state index contributed by atoms with van der Waals surface area (Å²) in [5, 5.41) is 66.3. The molecule has 3 heterocycles. The van der Waals surface area contributed by atoms with Gasteiger partial charge in [-0.15, -0.1) is 0 Å². The highest BCUT2D eigenvalue weighted by molar-refractivity contribution is 4.89. The van der Waals surface area contributed by atoms with E-state index in [-0.39, 0.29) is 37.5 Å². The van der Waals surface area contributed by atoms with Crippen molar-refractivity contribution in [2.24, 2.45) is 23.5 Å². The Kier molecular flexibility index (Phi) is 15.0. The van der Waals surface area contributed by atoms with E-state index in [9.17, 15) is 30.6 Å². The summed E-state index contributed by atoms with van der Waals surface area (Å²) in [6, 6.07) is 0. The lowest BCUT2D eigenvalue weighted by Gasteiger charge is -2.41. The highest BCUT2D eigenvalue weighted by Crippen LogP contribution is 2.29. The molecule has 0 spiro atoms. The molecule has 0 amide bonds. The van der Waals surface area contributed by atoms with Gasteiger partial charge >= 0.3 is 0 Å². The summed E-state index contributed by atoms with van der Waals surface area (Å²) >= 11 is 0. The molecule has 3 saturated heterocycles. The van der Waals surface area contributed by atoms with Gasteiger partial charge in [-0.1, -0.05) is 20.8 Å². The fourth-order valence-corrected chi connectivity index (χ4v) is 4.27. The second-order valence-electron chi connectivity index (χ2n) is 10.2. The quantitative estimate of drug-likeness (QED) is 0.169. The van der Waals surface area contributed by atoms with Crippen LogP contribution in [0.2, 0.25) is 0 Å². The van der Waals surface area contributed by atoms with Crippen molar-refractivity contribution < 1.29 is 64.2 Å². The first kappa shape index (κ1) is 35.5. The number of aliphatic hydroxyl groups is 7. The molecule has 0 aliphatic carbocycles. The maximum Gasteiger partial charge on any atom is 0.183 e. The number of aliphatic hydroxyl groups excluding tert-OH is 6. The van der Waals surface area contributed by atoms with Gasteiger partial charge in [-0.25, -0.2) is 0 Å². The first-order valence-electron chi connectivity index (χ1n) is 12.7. The fourth-order valence-electron chi connectivity index (χ4n) is 4.27. The van der Waals surface area contributed by atoms with E-state index in [0.717, 1.165) is 0 Å². The van der Waals surface area contributed by atoms with Crippen molar-refractivity contribution in [1.29, 1.82) is 0 Å². The van der Waals surface area contributed by atoms with Gasteiger partial charge in [0.05, 0.1) is 37.1 Å². The van der Waals surface area contributed by atoms with Crippen LogP contribution >= 0.6 is 0 Å². The molecule has 228 valence electrons. The largest absolute Gasteiger partial charge is 0.394 e. The summed E-state index contributed by atoms with van der Waals surface area (Å²) in [5.41, 5.74) is 4.43. The summed E-state index contributed by atoms with van der Waals surface area (Å²) in [5.74, 6) is -0.890. The number of nitrogens with two attached hydrogens (primary N) is 1. The van der Waals surface area contributed by atoms with E-state index in [1.165, 1.54) is 21.3 Å². The molecule has 14 atom stereocenters. The van der Waals surface area contributed by atoms with Crippen molar-refractivity contribution >= 4 is 0 Å². The molecule has 3 aliphatic rings. The molecular weight excluding hydrogens is 510 g/mol. The number of hydrogen-bond acceptors (Lipinski definition) is 14. The normalized spacial score (nSPS) is 47.3. The highest BCUT2D eigenvalue weighted by atomic mass is 16.7. The smallest absolute Gasteiger partial charge is 0.183 e. The van der Waals surface area contributed by atoms with E-state index in [1.807, 2.05) is 0 Å². The third kappa shape index (κ3) is 8.72. The molecule has 3 aliphatic heterocycles. The lowest BCUT2D eigenvalue weighted by molar-refractivity contribution is -0.280. The maximum atomic E-state index is 9.69. The van der Waals surface area contributed by atoms with E-state index < -0.39 is 67.2 Å². The Morgan fingerprint density at radius 3 is 1.55 bits per heavy atom. The first-order valence-corrected chi connectivity index (χ1v) is 12.7. The van der Waals surface area contributed by atoms with Crippen molar-refractivity contribution in [3.8, 4) is 0 Å². The zero-order chi connectivity index (χ0) is 29.4. The lowest BCUT2D eigenvalue weighted by atomic mass is 9.84. The molecule has 0 saturated carbocycles. The van der Waals surface area contributed by atoms with E-state index in [0.29, 0.717) is 0 Å². The summed E-state index contributed by atoms with van der Waals surface area (Å²) in [6.07, 6.45) is -7.21. The minimum atomic E-state index is -0.964. The minimum Gasteiger partial charge on any atom is -0.394 e. The van der Waals surface area contributed by atoms with Gasteiger partial charge < -0.3 is 69.9 Å². The van der Waals surface area contributed by atoms with Crippen LogP contribution in [0.15, 0.2) is 0 Å². The molecule has 3 fully saturated rings. The van der Waals surface area contributed by atoms with Crippen LogP contribution in [-0.2, 0) is 28.4 Å². The van der Waals surface area contributed by atoms with E-state index in [4.69, 9.17) is 39.3 Å². The van der Waals surface area contributed by atoms with Gasteiger partial charge in [-0.2, -0.15) is 0 Å². The van der Waals surface area contributed by atoms with Gasteiger partial charge in [0, 0.05) is 45.6 Å². The molecule has 9 N–H and O–H groups in total. The molecule has 0 bridgehead atoms. The van der Waals surface area contributed by atoms with Gasteiger partial charge in [0.2, 0.25) is 0 Å². The predicted molar refractivity (Wildman–Crippen MR) is 132 cm³/mol. The Balaban J connectivity index is 0.000000285. The average molecular weight is 560 g/mol. The Hall–Kier alpha value is -0.560. The molecule has 38 heavy (non-hydrogen) atoms. The van der Waals surface area contributed by atoms with Crippen LogP contribution in [0.1, 0.15) is 27.7 Å². The van der Waals surface area contributed by atoms with Crippen LogP contribution in [-0.4, -0.2) is 144 Å². The zero-order valence-electron chi connectivity index (χ0n) is 23.3. The van der Waals surface area contributed by atoms with Crippen molar-refractivity contribution in [3.05, 3.63) is 0 Å². The molecule has 14 nitrogen and oxygen atoms in total. The molecule has 3 rings (SSSR count). The Labute approximate surface area is 224 Å². The van der Waals surface area contributed by atoms with Crippen LogP contribution in [0.5, 0.6) is 0 Å². The number of rotatable bonds is 5. The minimum absolute atomic E-state index is 0.198. The van der Waals surface area contributed by atoms with Gasteiger partial charge in [0.1, 0.15) is 24.4 Å². The highest BCUT2D eigenvalue weighted by Gasteiger charge is 2.44. The Morgan fingerprint density at radius 1 is 0.737 bits per heavy atom. The third-order valence-corrected chi connectivity index (χ3v) is 7.51. The standard InChI is InChI=1S/C8H17NO4.C8H16O5.C8H16O4/c2*1-4-6(10)5(3-9)13-8(12-2)7(4)11;1-5-6(9)7(11-3)12-4-8(5,2)10/h4-8,10-11H,3,9H2,1-2H3;4-11H,3H2,1-2H3;5-7,9-10H,4H2,1-3H3/t2*4-,5?,6?,7-,8?;5-,6+,7?,8?/m110/s1. The predicted octanol–water partition coefficient (Wildman–Crippen LogP) is -2.88. The second kappa shape index (κ2) is 16.0. The van der Waals surface area contributed by atoms with Crippen molar-refractivity contribution in [2.45, 2.75) is 94.9 Å². The van der Waals surface area contributed by atoms with Gasteiger partial charge in [-0.05, 0) is 6.92 Å². The van der Waals surface area contributed by atoms with Crippen molar-refractivity contribution in [3.63, 3.8) is 0 Å². The molecule has 0 radical (unpaired) electrons. The molecule has 0 aromatic rings. The van der Waals surface area contributed by atoms with Gasteiger partial charge in [0.15, 0.2) is 18.9 Å². The summed E-state index contributed by atoms with van der Waals surface area (Å²) < 4.78 is 30.1. The summed E-state index contributed by atoms with van der Waals surface area (Å²) in [4.78, 5) is 0. The molecule has 14 heteroatoms. The third-order valence-electron chi connectivity index (χ3n) is 7.51. The Morgan fingerprint density at radius 2 is 1.16 bits per heavy atom. The molecule has 0 aromatic heterocycles. The monoisotopic (exact) mass is 559 g/mol. The average Bonchev–Trinajstić information content (AvgIpc) is 2.90. The van der Waals surface area contributed by atoms with Crippen molar-refractivity contribution in [1.82, 2.24) is 0 Å². The van der Waals surface area contributed by atoms with E-state index in [2.05, 4.69) is 0 Å². The van der Waals surface area contributed by atoms with E-state index >= 15 is 0 Å². The summed E-state index contributed by atoms with van der Waals surface area (Å²) in [6.45, 7) is 6.99. The van der Waals surface area contributed by atoms with Crippen LogP contribution in [0.25, 0.3) is 0 Å². The molecule has 8 unspecified atom stereocenters.